The lowest BCUT2D eigenvalue weighted by Gasteiger charge is -2.32. The molecule has 106 valence electrons. The molecule has 20 heavy (non-hydrogen) atoms. The SMILES string of the molecule is CCNC(c1sccc1Br)C1CCCc2ccccc21. The Morgan fingerprint density at radius 3 is 2.95 bits per heavy atom. The van der Waals surface area contributed by atoms with E-state index in [9.17, 15) is 0 Å². The van der Waals surface area contributed by atoms with E-state index in [-0.39, 0.29) is 0 Å². The van der Waals surface area contributed by atoms with Crippen LogP contribution in [0.15, 0.2) is 40.2 Å². The lowest BCUT2D eigenvalue weighted by Crippen LogP contribution is -2.28. The van der Waals surface area contributed by atoms with Crippen molar-refractivity contribution >= 4 is 27.3 Å². The number of thiophene rings is 1. The average molecular weight is 350 g/mol. The number of fused-ring (bicyclic) bond motifs is 1. The van der Waals surface area contributed by atoms with Crippen molar-refractivity contribution in [2.24, 2.45) is 0 Å². The van der Waals surface area contributed by atoms with E-state index < -0.39 is 0 Å². The molecule has 0 bridgehead atoms. The summed E-state index contributed by atoms with van der Waals surface area (Å²) in [7, 11) is 0. The smallest absolute Gasteiger partial charge is 0.0495 e. The number of aryl methyl sites for hydroxylation is 1. The van der Waals surface area contributed by atoms with E-state index in [0.29, 0.717) is 12.0 Å². The van der Waals surface area contributed by atoms with Gasteiger partial charge >= 0.3 is 0 Å². The Bertz CT molecular complexity index is 578. The normalized spacial score (nSPS) is 19.6. The van der Waals surface area contributed by atoms with Crippen molar-refractivity contribution in [3.8, 4) is 0 Å². The van der Waals surface area contributed by atoms with E-state index >= 15 is 0 Å². The van der Waals surface area contributed by atoms with Crippen LogP contribution in [0.1, 0.15) is 47.7 Å². The molecule has 0 saturated carbocycles. The van der Waals surface area contributed by atoms with Gasteiger partial charge in [0.05, 0.1) is 0 Å². The molecule has 3 rings (SSSR count). The second-order valence-corrected chi connectivity index (χ2v) is 7.17. The Morgan fingerprint density at radius 1 is 1.35 bits per heavy atom. The van der Waals surface area contributed by atoms with Crippen molar-refractivity contribution in [3.63, 3.8) is 0 Å². The fourth-order valence-corrected chi connectivity index (χ4v) is 5.06. The molecule has 1 nitrogen and oxygen atoms in total. The molecule has 1 aromatic heterocycles. The largest absolute Gasteiger partial charge is 0.309 e. The summed E-state index contributed by atoms with van der Waals surface area (Å²) in [6.07, 6.45) is 3.81. The highest BCUT2D eigenvalue weighted by atomic mass is 79.9. The van der Waals surface area contributed by atoms with E-state index in [1.807, 2.05) is 11.3 Å². The van der Waals surface area contributed by atoms with Crippen molar-refractivity contribution in [1.29, 1.82) is 0 Å². The fourth-order valence-electron chi connectivity index (χ4n) is 3.30. The molecule has 1 aliphatic rings. The number of rotatable bonds is 4. The second kappa shape index (κ2) is 6.42. The summed E-state index contributed by atoms with van der Waals surface area (Å²) in [6.45, 7) is 3.21. The van der Waals surface area contributed by atoms with Gasteiger partial charge in [-0.3, -0.25) is 0 Å². The Balaban J connectivity index is 1.99. The predicted molar refractivity (Wildman–Crippen MR) is 90.6 cm³/mol. The van der Waals surface area contributed by atoms with Crippen LogP contribution in [-0.4, -0.2) is 6.54 Å². The van der Waals surface area contributed by atoms with Gasteiger partial charge < -0.3 is 5.32 Å². The molecular weight excluding hydrogens is 330 g/mol. The number of halogens is 1. The summed E-state index contributed by atoms with van der Waals surface area (Å²) in [6, 6.07) is 11.6. The molecule has 1 heterocycles. The fraction of sp³-hybridized carbons (Fsp3) is 0.412. The zero-order valence-electron chi connectivity index (χ0n) is 11.7. The van der Waals surface area contributed by atoms with Gasteiger partial charge in [0, 0.05) is 21.3 Å². The zero-order valence-corrected chi connectivity index (χ0v) is 14.1. The summed E-state index contributed by atoms with van der Waals surface area (Å²) < 4.78 is 1.25. The summed E-state index contributed by atoms with van der Waals surface area (Å²) in [5.74, 6) is 0.592. The molecule has 3 heteroatoms. The highest BCUT2D eigenvalue weighted by Gasteiger charge is 2.30. The first-order chi connectivity index (χ1) is 9.81. The van der Waals surface area contributed by atoms with Crippen LogP contribution < -0.4 is 5.32 Å². The molecule has 0 aliphatic heterocycles. The molecule has 0 fully saturated rings. The van der Waals surface area contributed by atoms with Crippen LogP contribution in [0.25, 0.3) is 0 Å². The zero-order chi connectivity index (χ0) is 13.9. The summed E-state index contributed by atoms with van der Waals surface area (Å²) in [4.78, 5) is 1.44. The van der Waals surface area contributed by atoms with Crippen molar-refractivity contribution in [1.82, 2.24) is 5.32 Å². The Kier molecular flexibility index (Phi) is 4.59. The summed E-state index contributed by atoms with van der Waals surface area (Å²) in [5, 5.41) is 5.90. The molecule has 2 atom stereocenters. The Hall–Kier alpha value is -0.640. The molecule has 0 spiro atoms. The van der Waals surface area contributed by atoms with Gasteiger partial charge in [-0.15, -0.1) is 11.3 Å². The molecule has 0 saturated heterocycles. The first kappa shape index (κ1) is 14.3. The first-order valence-electron chi connectivity index (χ1n) is 7.35. The summed E-state index contributed by atoms with van der Waals surface area (Å²) >= 11 is 5.57. The molecule has 2 unspecified atom stereocenters. The van der Waals surface area contributed by atoms with Gasteiger partial charge in [-0.1, -0.05) is 31.2 Å². The third kappa shape index (κ3) is 2.72. The molecule has 1 aromatic carbocycles. The molecule has 2 aromatic rings. The average Bonchev–Trinajstić information content (AvgIpc) is 2.90. The van der Waals surface area contributed by atoms with E-state index in [1.54, 1.807) is 11.1 Å². The number of hydrogen-bond acceptors (Lipinski definition) is 2. The number of hydrogen-bond donors (Lipinski definition) is 1. The lowest BCUT2D eigenvalue weighted by atomic mass is 9.78. The summed E-state index contributed by atoms with van der Waals surface area (Å²) in [5.41, 5.74) is 3.09. The monoisotopic (exact) mass is 349 g/mol. The van der Waals surface area contributed by atoms with E-state index in [1.165, 1.54) is 28.6 Å². The minimum Gasteiger partial charge on any atom is -0.309 e. The highest BCUT2D eigenvalue weighted by molar-refractivity contribution is 9.10. The second-order valence-electron chi connectivity index (χ2n) is 5.37. The third-order valence-corrected chi connectivity index (χ3v) is 6.12. The maximum atomic E-state index is 3.72. The predicted octanol–water partition coefficient (Wildman–Crippen LogP) is 5.28. The van der Waals surface area contributed by atoms with Crippen LogP contribution in [0.2, 0.25) is 0 Å². The maximum Gasteiger partial charge on any atom is 0.0495 e. The number of nitrogens with one attached hydrogen (secondary N) is 1. The minimum absolute atomic E-state index is 0.427. The molecular formula is C17H20BrNS. The molecule has 1 aliphatic carbocycles. The Morgan fingerprint density at radius 2 is 2.20 bits per heavy atom. The van der Waals surface area contributed by atoms with Gasteiger partial charge in [0.1, 0.15) is 0 Å². The maximum absolute atomic E-state index is 3.72. The van der Waals surface area contributed by atoms with Gasteiger partial charge in [0.25, 0.3) is 0 Å². The third-order valence-electron chi connectivity index (χ3n) is 4.17. The highest BCUT2D eigenvalue weighted by Crippen LogP contribution is 2.43. The van der Waals surface area contributed by atoms with Crippen LogP contribution in [0.5, 0.6) is 0 Å². The standard InChI is InChI=1S/C17H20BrNS/c1-2-19-16(17-15(18)10-11-20-17)14-9-5-7-12-6-3-4-8-13(12)14/h3-4,6,8,10-11,14,16,19H,2,5,7,9H2,1H3. The molecule has 0 amide bonds. The molecule has 0 radical (unpaired) electrons. The van der Waals surface area contributed by atoms with Gasteiger partial charge in [-0.25, -0.2) is 0 Å². The number of likely N-dealkylation sites (N-methyl/N-ethyl adjacent to an activating group) is 1. The van der Waals surface area contributed by atoms with Gasteiger partial charge in [0.15, 0.2) is 0 Å². The van der Waals surface area contributed by atoms with Gasteiger partial charge in [0.2, 0.25) is 0 Å². The van der Waals surface area contributed by atoms with Gasteiger partial charge in [-0.05, 0) is 64.3 Å². The lowest BCUT2D eigenvalue weighted by molar-refractivity contribution is 0.413. The van der Waals surface area contributed by atoms with Crippen molar-refractivity contribution in [2.75, 3.05) is 6.54 Å². The van der Waals surface area contributed by atoms with Crippen LogP contribution in [0, 0.1) is 0 Å². The van der Waals surface area contributed by atoms with Crippen molar-refractivity contribution in [2.45, 2.75) is 38.1 Å². The van der Waals surface area contributed by atoms with Crippen LogP contribution in [0.3, 0.4) is 0 Å². The Labute approximate surface area is 133 Å². The first-order valence-corrected chi connectivity index (χ1v) is 9.02. The van der Waals surface area contributed by atoms with E-state index in [4.69, 9.17) is 0 Å². The molecule has 1 N–H and O–H groups in total. The van der Waals surface area contributed by atoms with Crippen LogP contribution in [0.4, 0.5) is 0 Å². The number of benzene rings is 1. The minimum atomic E-state index is 0.427. The topological polar surface area (TPSA) is 12.0 Å². The van der Waals surface area contributed by atoms with Gasteiger partial charge in [-0.2, -0.15) is 0 Å². The quantitative estimate of drug-likeness (QED) is 0.791. The van der Waals surface area contributed by atoms with Crippen LogP contribution >= 0.6 is 27.3 Å². The van der Waals surface area contributed by atoms with Crippen LogP contribution in [-0.2, 0) is 6.42 Å². The van der Waals surface area contributed by atoms with E-state index in [2.05, 4.69) is 63.9 Å². The van der Waals surface area contributed by atoms with Crippen molar-refractivity contribution in [3.05, 3.63) is 56.2 Å². The van der Waals surface area contributed by atoms with E-state index in [0.717, 1.165) is 6.54 Å². The van der Waals surface area contributed by atoms with Crippen molar-refractivity contribution < 1.29 is 0 Å².